The van der Waals surface area contributed by atoms with Crippen LogP contribution < -0.4 is 5.32 Å². The summed E-state index contributed by atoms with van der Waals surface area (Å²) in [4.78, 5) is 10.7. The van der Waals surface area contributed by atoms with Crippen molar-refractivity contribution in [2.45, 2.75) is 0 Å². The molecule has 5 nitrogen and oxygen atoms in total. The molecular weight excluding hydrogens is 202 g/mol. The van der Waals surface area contributed by atoms with Crippen molar-refractivity contribution in [3.8, 4) is 12.1 Å². The second-order valence-electron chi connectivity index (χ2n) is 2.06. The standard InChI is InChI=1S/C8H9N3O2S/c1-13-7(12)5-11-8(14-2)6(3-9)4-10/h11H,5H2,1-2H3. The van der Waals surface area contributed by atoms with Gasteiger partial charge in [-0.25, -0.2) is 0 Å². The molecule has 0 bridgehead atoms. The summed E-state index contributed by atoms with van der Waals surface area (Å²) in [5.74, 6) is -0.452. The van der Waals surface area contributed by atoms with Gasteiger partial charge in [-0.1, -0.05) is 0 Å². The number of methoxy groups -OCH3 is 1. The van der Waals surface area contributed by atoms with Crippen LogP contribution in [0, 0.1) is 22.7 Å². The van der Waals surface area contributed by atoms with Gasteiger partial charge in [-0.2, -0.15) is 10.5 Å². The number of thioether (sulfide) groups is 1. The lowest BCUT2D eigenvalue weighted by atomic mass is 10.3. The van der Waals surface area contributed by atoms with Gasteiger partial charge >= 0.3 is 5.97 Å². The van der Waals surface area contributed by atoms with Crippen molar-refractivity contribution in [3.05, 3.63) is 10.6 Å². The molecule has 0 spiro atoms. The minimum atomic E-state index is -0.452. The Morgan fingerprint density at radius 1 is 1.50 bits per heavy atom. The highest BCUT2D eigenvalue weighted by molar-refractivity contribution is 8.02. The number of esters is 1. The van der Waals surface area contributed by atoms with Gasteiger partial charge < -0.3 is 10.1 Å². The van der Waals surface area contributed by atoms with Crippen LogP contribution in [0.4, 0.5) is 0 Å². The average Bonchev–Trinajstić information content (AvgIpc) is 2.23. The molecule has 0 aromatic heterocycles. The molecule has 0 aromatic rings. The van der Waals surface area contributed by atoms with Gasteiger partial charge in [0.15, 0.2) is 5.57 Å². The first-order chi connectivity index (χ1) is 6.69. The van der Waals surface area contributed by atoms with E-state index >= 15 is 0 Å². The van der Waals surface area contributed by atoms with Gasteiger partial charge in [0.1, 0.15) is 18.7 Å². The molecule has 0 radical (unpaired) electrons. The Balaban J connectivity index is 4.47. The summed E-state index contributed by atoms with van der Waals surface area (Å²) in [7, 11) is 1.27. The van der Waals surface area contributed by atoms with Gasteiger partial charge in [0.2, 0.25) is 0 Å². The summed E-state index contributed by atoms with van der Waals surface area (Å²) in [6, 6.07) is 3.46. The quantitative estimate of drug-likeness (QED) is 0.534. The van der Waals surface area contributed by atoms with E-state index in [-0.39, 0.29) is 12.1 Å². The van der Waals surface area contributed by atoms with Gasteiger partial charge in [-0.05, 0) is 6.26 Å². The van der Waals surface area contributed by atoms with Crippen LogP contribution >= 0.6 is 11.8 Å². The monoisotopic (exact) mass is 211 g/mol. The highest BCUT2D eigenvalue weighted by atomic mass is 32.2. The third-order valence-corrected chi connectivity index (χ3v) is 2.03. The number of hydrogen-bond donors (Lipinski definition) is 1. The molecule has 1 N–H and O–H groups in total. The van der Waals surface area contributed by atoms with E-state index in [4.69, 9.17) is 10.5 Å². The smallest absolute Gasteiger partial charge is 0.325 e. The van der Waals surface area contributed by atoms with Crippen molar-refractivity contribution in [2.24, 2.45) is 0 Å². The average molecular weight is 211 g/mol. The van der Waals surface area contributed by atoms with E-state index in [1.165, 1.54) is 18.9 Å². The number of ether oxygens (including phenoxy) is 1. The number of carbonyl (C=O) groups is 1. The van der Waals surface area contributed by atoms with E-state index in [9.17, 15) is 4.79 Å². The molecule has 0 rings (SSSR count). The first kappa shape index (κ1) is 12.3. The van der Waals surface area contributed by atoms with Crippen molar-refractivity contribution >= 4 is 17.7 Å². The van der Waals surface area contributed by atoms with E-state index in [0.717, 1.165) is 0 Å². The first-order valence-electron chi connectivity index (χ1n) is 3.58. The van der Waals surface area contributed by atoms with Crippen molar-refractivity contribution in [2.75, 3.05) is 19.9 Å². The van der Waals surface area contributed by atoms with Gasteiger partial charge in [0.05, 0.1) is 12.1 Å². The van der Waals surface area contributed by atoms with Gasteiger partial charge in [-0.3, -0.25) is 4.79 Å². The molecule has 0 aliphatic rings. The molecule has 0 saturated carbocycles. The second-order valence-corrected chi connectivity index (χ2v) is 2.88. The summed E-state index contributed by atoms with van der Waals surface area (Å²) in [6.45, 7) is -0.0560. The fourth-order valence-corrected chi connectivity index (χ4v) is 1.13. The summed E-state index contributed by atoms with van der Waals surface area (Å²) < 4.78 is 4.39. The predicted octanol–water partition coefficient (Wildman–Crippen LogP) is 0.371. The van der Waals surface area contributed by atoms with Crippen LogP contribution in [-0.4, -0.2) is 25.9 Å². The molecule has 74 valence electrons. The summed E-state index contributed by atoms with van der Waals surface area (Å²) >= 11 is 1.20. The van der Waals surface area contributed by atoms with Crippen molar-refractivity contribution < 1.29 is 9.53 Å². The van der Waals surface area contributed by atoms with Crippen molar-refractivity contribution in [1.29, 1.82) is 10.5 Å². The van der Waals surface area contributed by atoms with E-state index in [1.807, 2.05) is 0 Å². The van der Waals surface area contributed by atoms with Crippen LogP contribution in [0.2, 0.25) is 0 Å². The Bertz CT molecular complexity index is 308. The van der Waals surface area contributed by atoms with Crippen molar-refractivity contribution in [3.63, 3.8) is 0 Å². The maximum Gasteiger partial charge on any atom is 0.325 e. The molecular formula is C8H9N3O2S. The Hall–Kier alpha value is -1.66. The summed E-state index contributed by atoms with van der Waals surface area (Å²) in [5, 5.41) is 20.1. The number of carbonyl (C=O) groups excluding carboxylic acids is 1. The number of allylic oxidation sites excluding steroid dienone is 1. The largest absolute Gasteiger partial charge is 0.468 e. The summed E-state index contributed by atoms with van der Waals surface area (Å²) in [5.41, 5.74) is -0.0404. The second kappa shape index (κ2) is 6.81. The Labute approximate surface area is 86.3 Å². The number of nitriles is 2. The molecule has 0 saturated heterocycles. The normalized spacial score (nSPS) is 8.00. The molecule has 0 fully saturated rings. The van der Waals surface area contributed by atoms with Crippen molar-refractivity contribution in [1.82, 2.24) is 5.32 Å². The zero-order chi connectivity index (χ0) is 11.0. The SMILES string of the molecule is COC(=O)CNC(SC)=C(C#N)C#N. The fourth-order valence-electron chi connectivity index (χ4n) is 0.614. The number of hydrogen-bond acceptors (Lipinski definition) is 6. The molecule has 14 heavy (non-hydrogen) atoms. The van der Waals surface area contributed by atoms with Crippen LogP contribution in [0.25, 0.3) is 0 Å². The highest BCUT2D eigenvalue weighted by Gasteiger charge is 2.06. The molecule has 0 aliphatic heterocycles. The van der Waals surface area contributed by atoms with E-state index in [1.54, 1.807) is 18.4 Å². The van der Waals surface area contributed by atoms with Gasteiger partial charge in [-0.15, -0.1) is 11.8 Å². The lowest BCUT2D eigenvalue weighted by Crippen LogP contribution is -2.22. The Morgan fingerprint density at radius 3 is 2.43 bits per heavy atom. The van der Waals surface area contributed by atoms with Crippen LogP contribution in [-0.2, 0) is 9.53 Å². The van der Waals surface area contributed by atoms with Crippen LogP contribution in [0.15, 0.2) is 10.6 Å². The maximum absolute atomic E-state index is 10.7. The number of nitrogens with one attached hydrogen (secondary N) is 1. The summed E-state index contributed by atoms with van der Waals surface area (Å²) in [6.07, 6.45) is 1.70. The molecule has 6 heteroatoms. The molecule has 0 atom stereocenters. The number of rotatable bonds is 4. The molecule has 0 aliphatic carbocycles. The van der Waals surface area contributed by atoms with Gasteiger partial charge in [0.25, 0.3) is 0 Å². The third kappa shape index (κ3) is 3.83. The van der Waals surface area contributed by atoms with Crippen LogP contribution in [0.3, 0.4) is 0 Å². The topological polar surface area (TPSA) is 85.9 Å². The predicted molar refractivity (Wildman–Crippen MR) is 51.8 cm³/mol. The first-order valence-corrected chi connectivity index (χ1v) is 4.81. The van der Waals surface area contributed by atoms with Gasteiger partial charge in [0, 0.05) is 0 Å². The molecule has 0 unspecified atom stereocenters. The lowest BCUT2D eigenvalue weighted by Gasteiger charge is -2.06. The third-order valence-electron chi connectivity index (χ3n) is 1.28. The van der Waals surface area contributed by atoms with E-state index in [0.29, 0.717) is 5.03 Å². The van der Waals surface area contributed by atoms with E-state index < -0.39 is 5.97 Å². The Morgan fingerprint density at radius 2 is 2.07 bits per heavy atom. The van der Waals surface area contributed by atoms with Crippen LogP contribution in [0.5, 0.6) is 0 Å². The minimum absolute atomic E-state index is 0.0404. The molecule has 0 heterocycles. The van der Waals surface area contributed by atoms with Crippen LogP contribution in [0.1, 0.15) is 0 Å². The minimum Gasteiger partial charge on any atom is -0.468 e. The zero-order valence-corrected chi connectivity index (χ0v) is 8.64. The highest BCUT2D eigenvalue weighted by Crippen LogP contribution is 2.12. The zero-order valence-electron chi connectivity index (χ0n) is 7.83. The molecule has 0 amide bonds. The number of nitrogens with zero attached hydrogens (tertiary/aromatic N) is 2. The maximum atomic E-state index is 10.7. The van der Waals surface area contributed by atoms with E-state index in [2.05, 4.69) is 10.1 Å². The fraction of sp³-hybridized carbons (Fsp3) is 0.375. The Kier molecular flexibility index (Phi) is 6.01. The lowest BCUT2D eigenvalue weighted by molar-refractivity contribution is -0.139. The molecule has 0 aromatic carbocycles.